The highest BCUT2D eigenvalue weighted by Crippen LogP contribution is 2.28. The molecule has 1 aromatic rings. The fraction of sp³-hybridized carbons (Fsp3) is 0.562. The van der Waals surface area contributed by atoms with Crippen molar-refractivity contribution in [2.24, 2.45) is 11.7 Å². The first-order valence-electron chi connectivity index (χ1n) is 7.24. The van der Waals surface area contributed by atoms with Crippen LogP contribution in [0, 0.1) is 23.1 Å². The summed E-state index contributed by atoms with van der Waals surface area (Å²) in [6.07, 6.45) is 4.82. The van der Waals surface area contributed by atoms with E-state index in [-0.39, 0.29) is 5.82 Å². The molecule has 2 N–H and O–H groups in total. The van der Waals surface area contributed by atoms with Crippen molar-refractivity contribution < 1.29 is 4.39 Å². The minimum atomic E-state index is -0.341. The van der Waals surface area contributed by atoms with Crippen molar-refractivity contribution in [2.45, 2.75) is 38.3 Å². The molecule has 2 atom stereocenters. The van der Waals surface area contributed by atoms with Gasteiger partial charge in [-0.2, -0.15) is 5.26 Å². The SMILES string of the molecule is CN(Cc1cc(F)cc(C#N)c1)C1CCCCC1CN. The summed E-state index contributed by atoms with van der Waals surface area (Å²) in [6, 6.07) is 7.01. The van der Waals surface area contributed by atoms with E-state index in [1.165, 1.54) is 31.4 Å². The van der Waals surface area contributed by atoms with Crippen molar-refractivity contribution >= 4 is 0 Å². The molecular weight excluding hydrogens is 253 g/mol. The highest BCUT2D eigenvalue weighted by Gasteiger charge is 2.27. The Labute approximate surface area is 120 Å². The van der Waals surface area contributed by atoms with E-state index in [1.54, 1.807) is 6.07 Å². The second kappa shape index (κ2) is 6.83. The lowest BCUT2D eigenvalue weighted by Crippen LogP contribution is -2.42. The lowest BCUT2D eigenvalue weighted by molar-refractivity contribution is 0.127. The molecule has 108 valence electrons. The van der Waals surface area contributed by atoms with Crippen LogP contribution in [0.2, 0.25) is 0 Å². The summed E-state index contributed by atoms with van der Waals surface area (Å²) in [4.78, 5) is 2.26. The smallest absolute Gasteiger partial charge is 0.124 e. The molecule has 1 aliphatic rings. The van der Waals surface area contributed by atoms with Crippen molar-refractivity contribution in [3.63, 3.8) is 0 Å². The summed E-state index contributed by atoms with van der Waals surface area (Å²) in [5.41, 5.74) is 7.10. The largest absolute Gasteiger partial charge is 0.330 e. The molecule has 0 heterocycles. The molecule has 4 heteroatoms. The van der Waals surface area contributed by atoms with Crippen LogP contribution in [-0.2, 0) is 6.54 Å². The van der Waals surface area contributed by atoms with E-state index in [0.717, 1.165) is 12.0 Å². The number of hydrogen-bond acceptors (Lipinski definition) is 3. The van der Waals surface area contributed by atoms with Gasteiger partial charge in [-0.05, 0) is 56.1 Å². The van der Waals surface area contributed by atoms with E-state index in [2.05, 4.69) is 11.9 Å². The first kappa shape index (κ1) is 15.0. The lowest BCUT2D eigenvalue weighted by Gasteiger charge is -2.37. The van der Waals surface area contributed by atoms with Crippen LogP contribution in [0.25, 0.3) is 0 Å². The molecule has 0 saturated heterocycles. The van der Waals surface area contributed by atoms with Gasteiger partial charge in [0, 0.05) is 12.6 Å². The van der Waals surface area contributed by atoms with E-state index < -0.39 is 0 Å². The molecule has 0 aromatic heterocycles. The Morgan fingerprint density at radius 2 is 2.10 bits per heavy atom. The molecule has 0 spiro atoms. The van der Waals surface area contributed by atoms with Crippen LogP contribution >= 0.6 is 0 Å². The van der Waals surface area contributed by atoms with Crippen molar-refractivity contribution in [2.75, 3.05) is 13.6 Å². The number of nitrogens with zero attached hydrogens (tertiary/aromatic N) is 2. The quantitative estimate of drug-likeness (QED) is 0.919. The van der Waals surface area contributed by atoms with Gasteiger partial charge in [0.2, 0.25) is 0 Å². The summed E-state index contributed by atoms with van der Waals surface area (Å²) in [5, 5.41) is 8.90. The molecule has 0 amide bonds. The normalized spacial score (nSPS) is 22.8. The van der Waals surface area contributed by atoms with Crippen LogP contribution in [0.5, 0.6) is 0 Å². The van der Waals surface area contributed by atoms with Gasteiger partial charge < -0.3 is 5.73 Å². The Hall–Kier alpha value is -1.44. The third kappa shape index (κ3) is 3.56. The van der Waals surface area contributed by atoms with Crippen LogP contribution in [-0.4, -0.2) is 24.5 Å². The molecule has 20 heavy (non-hydrogen) atoms. The van der Waals surface area contributed by atoms with E-state index in [1.807, 2.05) is 6.07 Å². The van der Waals surface area contributed by atoms with Gasteiger partial charge in [0.1, 0.15) is 5.82 Å². The number of halogens is 1. The fourth-order valence-electron chi connectivity index (χ4n) is 3.25. The Balaban J connectivity index is 2.08. The summed E-state index contributed by atoms with van der Waals surface area (Å²) in [5.74, 6) is 0.184. The molecule has 0 bridgehead atoms. The molecule has 0 radical (unpaired) electrons. The lowest BCUT2D eigenvalue weighted by atomic mass is 9.83. The van der Waals surface area contributed by atoms with Crippen molar-refractivity contribution in [1.29, 1.82) is 5.26 Å². The summed E-state index contributed by atoms with van der Waals surface area (Å²) in [7, 11) is 2.07. The van der Waals surface area contributed by atoms with E-state index >= 15 is 0 Å². The van der Waals surface area contributed by atoms with E-state index in [4.69, 9.17) is 11.0 Å². The van der Waals surface area contributed by atoms with Crippen LogP contribution < -0.4 is 5.73 Å². The monoisotopic (exact) mass is 275 g/mol. The number of hydrogen-bond donors (Lipinski definition) is 1. The molecule has 1 aliphatic carbocycles. The standard InChI is InChI=1S/C16H22FN3/c1-20(16-5-3-2-4-14(16)10-19)11-13-6-12(9-18)7-15(17)8-13/h6-8,14,16H,2-5,10-11,19H2,1H3. The van der Waals surface area contributed by atoms with Crippen molar-refractivity contribution in [1.82, 2.24) is 4.90 Å². The van der Waals surface area contributed by atoms with Crippen LogP contribution in [0.1, 0.15) is 36.8 Å². The molecule has 3 nitrogen and oxygen atoms in total. The topological polar surface area (TPSA) is 53.0 Å². The van der Waals surface area contributed by atoms with Crippen molar-refractivity contribution in [3.05, 3.63) is 35.1 Å². The molecule has 1 fully saturated rings. The highest BCUT2D eigenvalue weighted by molar-refractivity contribution is 5.33. The van der Waals surface area contributed by atoms with Gasteiger partial charge in [-0.25, -0.2) is 4.39 Å². The predicted molar refractivity (Wildman–Crippen MR) is 77.4 cm³/mol. The minimum Gasteiger partial charge on any atom is -0.330 e. The molecule has 2 rings (SSSR count). The maximum atomic E-state index is 13.5. The number of benzene rings is 1. The second-order valence-electron chi connectivity index (χ2n) is 5.72. The first-order valence-corrected chi connectivity index (χ1v) is 7.24. The van der Waals surface area contributed by atoms with E-state index in [9.17, 15) is 4.39 Å². The zero-order chi connectivity index (χ0) is 14.5. The first-order chi connectivity index (χ1) is 9.63. The number of rotatable bonds is 4. The average molecular weight is 275 g/mol. The van der Waals surface area contributed by atoms with Gasteiger partial charge >= 0.3 is 0 Å². The molecule has 2 unspecified atom stereocenters. The third-order valence-electron chi connectivity index (χ3n) is 4.26. The van der Waals surface area contributed by atoms with Gasteiger partial charge in [-0.3, -0.25) is 4.90 Å². The van der Waals surface area contributed by atoms with Crippen LogP contribution in [0.3, 0.4) is 0 Å². The van der Waals surface area contributed by atoms with Gasteiger partial charge in [-0.1, -0.05) is 12.8 Å². The summed E-state index contributed by atoms with van der Waals surface area (Å²) >= 11 is 0. The summed E-state index contributed by atoms with van der Waals surface area (Å²) in [6.45, 7) is 1.37. The second-order valence-corrected chi connectivity index (χ2v) is 5.72. The fourth-order valence-corrected chi connectivity index (χ4v) is 3.25. The Morgan fingerprint density at radius 3 is 2.80 bits per heavy atom. The Kier molecular flexibility index (Phi) is 5.11. The Morgan fingerprint density at radius 1 is 1.35 bits per heavy atom. The van der Waals surface area contributed by atoms with Crippen molar-refractivity contribution in [3.8, 4) is 6.07 Å². The van der Waals surface area contributed by atoms with Crippen LogP contribution in [0.4, 0.5) is 4.39 Å². The molecular formula is C16H22FN3. The predicted octanol–water partition coefficient (Wildman–Crippen LogP) is 2.65. The third-order valence-corrected chi connectivity index (χ3v) is 4.26. The molecule has 1 saturated carbocycles. The maximum absolute atomic E-state index is 13.5. The van der Waals surface area contributed by atoms with Gasteiger partial charge in [0.15, 0.2) is 0 Å². The highest BCUT2D eigenvalue weighted by atomic mass is 19.1. The number of nitriles is 1. The zero-order valence-corrected chi connectivity index (χ0v) is 12.0. The van der Waals surface area contributed by atoms with Gasteiger partial charge in [-0.15, -0.1) is 0 Å². The maximum Gasteiger partial charge on any atom is 0.124 e. The summed E-state index contributed by atoms with van der Waals surface area (Å²) < 4.78 is 13.5. The average Bonchev–Trinajstić information content (AvgIpc) is 2.46. The Bertz CT molecular complexity index is 495. The molecule has 1 aromatic carbocycles. The minimum absolute atomic E-state index is 0.341. The molecule has 0 aliphatic heterocycles. The van der Waals surface area contributed by atoms with Gasteiger partial charge in [0.25, 0.3) is 0 Å². The zero-order valence-electron chi connectivity index (χ0n) is 12.0. The van der Waals surface area contributed by atoms with Gasteiger partial charge in [0.05, 0.1) is 11.6 Å². The van der Waals surface area contributed by atoms with Crippen LogP contribution in [0.15, 0.2) is 18.2 Å². The van der Waals surface area contributed by atoms with E-state index in [0.29, 0.717) is 30.6 Å². The number of nitrogens with two attached hydrogens (primary N) is 1.